The Hall–Kier alpha value is -1.10. The normalized spacial score (nSPS) is 25.0. The van der Waals surface area contributed by atoms with Crippen molar-refractivity contribution in [1.29, 1.82) is 0 Å². The van der Waals surface area contributed by atoms with Gasteiger partial charge in [-0.3, -0.25) is 9.59 Å². The highest BCUT2D eigenvalue weighted by atomic mass is 16.5. The number of amides is 1. The number of ether oxygens (including phenoxy) is 1. The number of carbonyl (C=O) groups is 2. The fourth-order valence-electron chi connectivity index (χ4n) is 2.55. The zero-order valence-electron chi connectivity index (χ0n) is 11.8. The van der Waals surface area contributed by atoms with Crippen LogP contribution in [0, 0.1) is 17.3 Å². The number of hydrogen-bond donors (Lipinski definition) is 1. The monoisotopic (exact) mass is 257 g/mol. The van der Waals surface area contributed by atoms with Gasteiger partial charge in [0.05, 0.1) is 18.4 Å². The van der Waals surface area contributed by atoms with Crippen LogP contribution in [0.4, 0.5) is 0 Å². The highest BCUT2D eigenvalue weighted by molar-refractivity contribution is 5.91. The van der Waals surface area contributed by atoms with Gasteiger partial charge in [0.2, 0.25) is 5.91 Å². The Kier molecular flexibility index (Phi) is 4.37. The maximum Gasteiger partial charge on any atom is 0.307 e. The van der Waals surface area contributed by atoms with Gasteiger partial charge in [0.15, 0.2) is 0 Å². The van der Waals surface area contributed by atoms with Crippen molar-refractivity contribution in [3.8, 4) is 0 Å². The maximum absolute atomic E-state index is 12.4. The molecule has 0 bridgehead atoms. The summed E-state index contributed by atoms with van der Waals surface area (Å²) in [5.41, 5.74) is -0.441. The minimum atomic E-state index is -0.881. The molecule has 0 unspecified atom stereocenters. The lowest BCUT2D eigenvalue weighted by Gasteiger charge is -2.27. The molecule has 0 radical (unpaired) electrons. The average molecular weight is 257 g/mol. The highest BCUT2D eigenvalue weighted by Crippen LogP contribution is 2.59. The number of methoxy groups -OCH3 is 1. The quantitative estimate of drug-likeness (QED) is 0.777. The second-order valence-corrected chi connectivity index (χ2v) is 5.73. The van der Waals surface area contributed by atoms with E-state index in [0.717, 1.165) is 0 Å². The first kappa shape index (κ1) is 15.0. The first-order chi connectivity index (χ1) is 8.25. The minimum Gasteiger partial charge on any atom is -0.481 e. The van der Waals surface area contributed by atoms with Crippen LogP contribution in [0.25, 0.3) is 0 Å². The molecule has 0 saturated heterocycles. The fraction of sp³-hybridized carbons (Fsp3) is 0.846. The molecule has 5 nitrogen and oxygen atoms in total. The second-order valence-electron chi connectivity index (χ2n) is 5.73. The molecular weight excluding hydrogens is 234 g/mol. The molecule has 0 aliphatic heterocycles. The molecule has 2 atom stereocenters. The van der Waals surface area contributed by atoms with Crippen LogP contribution in [-0.4, -0.2) is 48.2 Å². The topological polar surface area (TPSA) is 66.8 Å². The summed E-state index contributed by atoms with van der Waals surface area (Å²) in [5.74, 6) is -1.92. The highest BCUT2D eigenvalue weighted by Gasteiger charge is 2.66. The van der Waals surface area contributed by atoms with Crippen LogP contribution >= 0.6 is 0 Å². The van der Waals surface area contributed by atoms with E-state index in [1.807, 2.05) is 27.7 Å². The maximum atomic E-state index is 12.4. The van der Waals surface area contributed by atoms with E-state index >= 15 is 0 Å². The van der Waals surface area contributed by atoms with Gasteiger partial charge in [-0.05, 0) is 19.3 Å². The second kappa shape index (κ2) is 5.26. The largest absolute Gasteiger partial charge is 0.481 e. The van der Waals surface area contributed by atoms with Crippen LogP contribution in [0.15, 0.2) is 0 Å². The molecule has 1 fully saturated rings. The molecule has 1 saturated carbocycles. The Bertz CT molecular complexity index is 338. The molecule has 1 aliphatic rings. The van der Waals surface area contributed by atoms with Crippen molar-refractivity contribution in [2.24, 2.45) is 17.3 Å². The van der Waals surface area contributed by atoms with Crippen LogP contribution in [0.2, 0.25) is 0 Å². The van der Waals surface area contributed by atoms with Gasteiger partial charge in [-0.15, -0.1) is 0 Å². The van der Waals surface area contributed by atoms with Crippen LogP contribution in [0.5, 0.6) is 0 Å². The van der Waals surface area contributed by atoms with Crippen molar-refractivity contribution >= 4 is 11.9 Å². The molecule has 0 spiro atoms. The first-order valence-electron chi connectivity index (χ1n) is 6.27. The zero-order chi connectivity index (χ0) is 14.1. The lowest BCUT2D eigenvalue weighted by molar-refractivity contribution is -0.142. The number of carboxylic acid groups (broad SMARTS) is 1. The summed E-state index contributed by atoms with van der Waals surface area (Å²) in [6, 6.07) is 0.0542. The number of rotatable bonds is 6. The van der Waals surface area contributed by atoms with E-state index in [1.165, 1.54) is 0 Å². The Balaban J connectivity index is 2.76. The Labute approximate surface area is 108 Å². The van der Waals surface area contributed by atoms with Crippen molar-refractivity contribution in [3.63, 3.8) is 0 Å². The van der Waals surface area contributed by atoms with E-state index in [4.69, 9.17) is 9.84 Å². The molecular formula is C13H23NO4. The predicted octanol–water partition coefficient (Wildman–Crippen LogP) is 1.23. The van der Waals surface area contributed by atoms with Crippen LogP contribution in [0.1, 0.15) is 27.7 Å². The number of nitrogens with zero attached hydrogens (tertiary/aromatic N) is 1. The molecule has 0 aromatic heterocycles. The molecule has 1 N–H and O–H groups in total. The molecule has 0 aromatic carbocycles. The fourth-order valence-corrected chi connectivity index (χ4v) is 2.55. The van der Waals surface area contributed by atoms with Gasteiger partial charge < -0.3 is 14.7 Å². The Morgan fingerprint density at radius 2 is 1.89 bits per heavy atom. The summed E-state index contributed by atoms with van der Waals surface area (Å²) >= 11 is 0. The molecule has 0 aromatic rings. The lowest BCUT2D eigenvalue weighted by Crippen LogP contribution is -2.41. The summed E-state index contributed by atoms with van der Waals surface area (Å²) in [7, 11) is 1.59. The Morgan fingerprint density at radius 3 is 2.22 bits per heavy atom. The van der Waals surface area contributed by atoms with Crippen LogP contribution in [-0.2, 0) is 14.3 Å². The summed E-state index contributed by atoms with van der Waals surface area (Å²) in [6.07, 6.45) is 0. The molecule has 104 valence electrons. The van der Waals surface area contributed by atoms with Gasteiger partial charge in [-0.2, -0.15) is 0 Å². The molecule has 0 heterocycles. The van der Waals surface area contributed by atoms with E-state index in [0.29, 0.717) is 13.2 Å². The number of carbonyl (C=O) groups excluding carboxylic acids is 1. The van der Waals surface area contributed by atoms with Gasteiger partial charge in [-0.1, -0.05) is 13.8 Å². The zero-order valence-corrected chi connectivity index (χ0v) is 11.8. The lowest BCUT2D eigenvalue weighted by atomic mass is 10.1. The third-order valence-electron chi connectivity index (χ3n) is 3.80. The summed E-state index contributed by atoms with van der Waals surface area (Å²) in [4.78, 5) is 25.2. The molecule has 5 heteroatoms. The number of hydrogen-bond acceptors (Lipinski definition) is 3. The average Bonchev–Trinajstić information content (AvgIpc) is 2.81. The van der Waals surface area contributed by atoms with Crippen molar-refractivity contribution in [2.45, 2.75) is 33.7 Å². The standard InChI is InChI=1S/C13H23NO4/c1-8(2)14(6-7-18-5)11(15)9-10(12(16)17)13(9,3)4/h8-10H,6-7H2,1-5H3,(H,16,17)/t9-,10+/m1/s1. The van der Waals surface area contributed by atoms with Crippen molar-refractivity contribution in [1.82, 2.24) is 4.90 Å². The van der Waals surface area contributed by atoms with Gasteiger partial charge in [0.1, 0.15) is 0 Å². The van der Waals surface area contributed by atoms with Gasteiger partial charge >= 0.3 is 5.97 Å². The van der Waals surface area contributed by atoms with E-state index in [1.54, 1.807) is 12.0 Å². The molecule has 1 amide bonds. The van der Waals surface area contributed by atoms with Crippen LogP contribution < -0.4 is 0 Å². The van der Waals surface area contributed by atoms with E-state index in [-0.39, 0.29) is 11.9 Å². The van der Waals surface area contributed by atoms with Gasteiger partial charge in [0, 0.05) is 19.7 Å². The number of aliphatic carboxylic acids is 1. The molecule has 18 heavy (non-hydrogen) atoms. The SMILES string of the molecule is COCCN(C(=O)[C@H]1[C@@H](C(=O)O)C1(C)C)C(C)C. The van der Waals surface area contributed by atoms with Crippen LogP contribution in [0.3, 0.4) is 0 Å². The third kappa shape index (κ3) is 2.66. The summed E-state index contributed by atoms with van der Waals surface area (Å²) in [6.45, 7) is 8.50. The summed E-state index contributed by atoms with van der Waals surface area (Å²) < 4.78 is 4.99. The van der Waals surface area contributed by atoms with Crippen molar-refractivity contribution < 1.29 is 19.4 Å². The number of carboxylic acids is 1. The minimum absolute atomic E-state index is 0.0542. The van der Waals surface area contributed by atoms with E-state index in [9.17, 15) is 9.59 Å². The van der Waals surface area contributed by atoms with E-state index in [2.05, 4.69) is 0 Å². The smallest absolute Gasteiger partial charge is 0.307 e. The van der Waals surface area contributed by atoms with Crippen molar-refractivity contribution in [2.75, 3.05) is 20.3 Å². The van der Waals surface area contributed by atoms with Crippen molar-refractivity contribution in [3.05, 3.63) is 0 Å². The summed E-state index contributed by atoms with van der Waals surface area (Å²) in [5, 5.41) is 9.11. The van der Waals surface area contributed by atoms with Gasteiger partial charge in [0.25, 0.3) is 0 Å². The molecule has 1 rings (SSSR count). The Morgan fingerprint density at radius 1 is 1.33 bits per heavy atom. The first-order valence-corrected chi connectivity index (χ1v) is 6.27. The van der Waals surface area contributed by atoms with Gasteiger partial charge in [-0.25, -0.2) is 0 Å². The van der Waals surface area contributed by atoms with E-state index < -0.39 is 23.2 Å². The third-order valence-corrected chi connectivity index (χ3v) is 3.80. The predicted molar refractivity (Wildman–Crippen MR) is 67.1 cm³/mol. The molecule has 1 aliphatic carbocycles.